The molecular weight excluding hydrogens is 392 g/mol. The predicted octanol–water partition coefficient (Wildman–Crippen LogP) is 0.483. The van der Waals surface area contributed by atoms with Crippen molar-refractivity contribution in [2.45, 2.75) is 12.8 Å². The van der Waals surface area contributed by atoms with Crippen molar-refractivity contribution in [3.8, 4) is 5.75 Å². The third-order valence-electron chi connectivity index (χ3n) is 3.90. The van der Waals surface area contributed by atoms with Gasteiger partial charge in [-0.25, -0.2) is 10.8 Å². The average molecular weight is 414 g/mol. The largest absolute Gasteiger partial charge is 0.505 e. The van der Waals surface area contributed by atoms with Crippen molar-refractivity contribution in [3.63, 3.8) is 0 Å². The molecule has 2 amide bonds. The van der Waals surface area contributed by atoms with E-state index < -0.39 is 17.8 Å². The lowest BCUT2D eigenvalue weighted by atomic mass is 10.1. The van der Waals surface area contributed by atoms with Crippen LogP contribution in [-0.2, 0) is 16.0 Å². The first-order chi connectivity index (χ1) is 14.3. The number of rotatable bonds is 9. The van der Waals surface area contributed by atoms with E-state index in [2.05, 4.69) is 21.1 Å². The fraction of sp³-hybridized carbons (Fsp3) is 0.158. The van der Waals surface area contributed by atoms with Gasteiger partial charge in [0.25, 0.3) is 5.91 Å². The van der Waals surface area contributed by atoms with Gasteiger partial charge >= 0.3 is 5.97 Å². The summed E-state index contributed by atoms with van der Waals surface area (Å²) in [5.74, 6) is 2.70. The Morgan fingerprint density at radius 2 is 1.93 bits per heavy atom. The minimum Gasteiger partial charge on any atom is -0.505 e. The first-order valence-corrected chi connectivity index (χ1v) is 8.80. The van der Waals surface area contributed by atoms with Crippen LogP contribution in [0.5, 0.6) is 5.75 Å². The Kier molecular flexibility index (Phi) is 7.71. The first kappa shape index (κ1) is 22.2. The van der Waals surface area contributed by atoms with E-state index in [1.807, 2.05) is 0 Å². The average Bonchev–Trinajstić information content (AvgIpc) is 2.71. The predicted molar refractivity (Wildman–Crippen MR) is 111 cm³/mol. The monoisotopic (exact) mass is 414 g/mol. The topological polar surface area (TPSA) is 192 Å². The normalized spacial score (nSPS) is 10.6. The van der Waals surface area contributed by atoms with Crippen molar-refractivity contribution in [2.24, 2.45) is 10.8 Å². The molecule has 0 aliphatic rings. The molecule has 2 aromatic carbocycles. The van der Waals surface area contributed by atoms with E-state index >= 15 is 0 Å². The molecule has 0 spiro atoms. The van der Waals surface area contributed by atoms with Gasteiger partial charge in [-0.05, 0) is 42.3 Å². The number of hydrogen-bond acceptors (Lipinski definition) is 7. The number of carboxylic acid groups (broad SMARTS) is 1. The molecule has 0 fully saturated rings. The van der Waals surface area contributed by atoms with Crippen molar-refractivity contribution >= 4 is 41.2 Å². The number of aliphatic carboxylic acids is 1. The molecule has 0 saturated carbocycles. The number of phenols is 1. The highest BCUT2D eigenvalue weighted by atomic mass is 16.4. The fourth-order valence-electron chi connectivity index (χ4n) is 2.54. The summed E-state index contributed by atoms with van der Waals surface area (Å²) in [5.41, 5.74) is 9.35. The molecule has 11 heteroatoms. The van der Waals surface area contributed by atoms with E-state index in [0.717, 1.165) is 0 Å². The van der Waals surface area contributed by atoms with E-state index in [4.69, 9.17) is 16.7 Å². The molecule has 0 aromatic heterocycles. The number of phenolic OH excluding ortho intramolecular Hbond substituents is 1. The highest BCUT2D eigenvalue weighted by molar-refractivity contribution is 6.00. The van der Waals surface area contributed by atoms with Gasteiger partial charge in [-0.2, -0.15) is 0 Å². The van der Waals surface area contributed by atoms with E-state index in [0.29, 0.717) is 11.3 Å². The van der Waals surface area contributed by atoms with Gasteiger partial charge in [0.1, 0.15) is 12.1 Å². The Morgan fingerprint density at radius 3 is 2.63 bits per heavy atom. The first-order valence-electron chi connectivity index (χ1n) is 8.80. The second-order valence-electron chi connectivity index (χ2n) is 6.18. The molecule has 0 radical (unpaired) electrons. The molecule has 0 aliphatic carbocycles. The lowest BCUT2D eigenvalue weighted by molar-refractivity contribution is -0.137. The van der Waals surface area contributed by atoms with E-state index in [-0.39, 0.29) is 42.1 Å². The number of nitrogens with one attached hydrogen (secondary N) is 3. The smallest absolute Gasteiger partial charge is 0.303 e. The van der Waals surface area contributed by atoms with Crippen molar-refractivity contribution in [1.82, 2.24) is 10.7 Å². The minimum atomic E-state index is -1.03. The fourth-order valence-corrected chi connectivity index (χ4v) is 2.54. The SMILES string of the molecule is NNC=Nc1cccc(C(=O)NCC(=O)Nc2cc(N)cc(CCC(=O)O)c2O)c1. The van der Waals surface area contributed by atoms with E-state index in [1.165, 1.54) is 24.5 Å². The van der Waals surface area contributed by atoms with Crippen LogP contribution < -0.4 is 27.6 Å². The molecule has 0 atom stereocenters. The number of carbonyl (C=O) groups is 3. The molecule has 11 nitrogen and oxygen atoms in total. The number of nitrogens with two attached hydrogens (primary N) is 2. The number of hydrazine groups is 1. The number of hydrogen-bond donors (Lipinski definition) is 7. The van der Waals surface area contributed by atoms with Crippen LogP contribution in [0.15, 0.2) is 41.4 Å². The maximum Gasteiger partial charge on any atom is 0.303 e. The van der Waals surface area contributed by atoms with Gasteiger partial charge in [-0.15, -0.1) is 0 Å². The lowest BCUT2D eigenvalue weighted by Crippen LogP contribution is -2.32. The van der Waals surface area contributed by atoms with E-state index in [1.54, 1.807) is 18.2 Å². The van der Waals surface area contributed by atoms with Gasteiger partial charge in [0.2, 0.25) is 5.91 Å². The Balaban J connectivity index is 2.00. The van der Waals surface area contributed by atoms with Gasteiger partial charge in [-0.1, -0.05) is 6.07 Å². The van der Waals surface area contributed by atoms with Gasteiger partial charge < -0.3 is 32.0 Å². The Bertz CT molecular complexity index is 976. The molecule has 2 aromatic rings. The number of anilines is 2. The number of amides is 2. The quantitative estimate of drug-likeness (QED) is 0.0585. The molecule has 0 bridgehead atoms. The van der Waals surface area contributed by atoms with Gasteiger partial charge in [0.15, 0.2) is 0 Å². The van der Waals surface area contributed by atoms with Crippen molar-refractivity contribution in [2.75, 3.05) is 17.6 Å². The summed E-state index contributed by atoms with van der Waals surface area (Å²) in [6.45, 7) is -0.366. The standard InChI is InChI=1S/C19H22N6O5/c20-13-6-11(4-5-17(27)28)18(29)15(8-13)25-16(26)9-22-19(30)12-2-1-3-14(7-12)23-10-24-21/h1-3,6-8,10,29H,4-5,9,20-21H2,(H,22,30)(H,23,24)(H,25,26)(H,27,28). The Morgan fingerprint density at radius 1 is 1.17 bits per heavy atom. The number of nitrogens with zero attached hydrogens (tertiary/aromatic N) is 1. The molecular formula is C19H22N6O5. The minimum absolute atomic E-state index is 0.0280. The number of aromatic hydroxyl groups is 1. The molecule has 0 unspecified atom stereocenters. The summed E-state index contributed by atoms with van der Waals surface area (Å²) < 4.78 is 0. The van der Waals surface area contributed by atoms with Crippen molar-refractivity contribution < 1.29 is 24.6 Å². The number of aryl methyl sites for hydroxylation is 1. The second kappa shape index (κ2) is 10.4. The molecule has 2 rings (SSSR count). The van der Waals surface area contributed by atoms with Crippen molar-refractivity contribution in [3.05, 3.63) is 47.5 Å². The van der Waals surface area contributed by atoms with Gasteiger partial charge in [0.05, 0.1) is 17.9 Å². The van der Waals surface area contributed by atoms with Crippen LogP contribution >= 0.6 is 0 Å². The number of benzene rings is 2. The summed E-state index contributed by atoms with van der Waals surface area (Å²) in [5, 5.41) is 23.9. The van der Waals surface area contributed by atoms with Crippen LogP contribution in [-0.4, -0.2) is 40.9 Å². The maximum absolute atomic E-state index is 12.2. The van der Waals surface area contributed by atoms with Gasteiger partial charge in [-0.3, -0.25) is 14.4 Å². The molecule has 0 saturated heterocycles. The summed E-state index contributed by atoms with van der Waals surface area (Å²) in [7, 11) is 0. The Hall–Kier alpha value is -4.12. The second-order valence-corrected chi connectivity index (χ2v) is 6.18. The molecule has 158 valence electrons. The number of carbonyl (C=O) groups excluding carboxylic acids is 2. The summed E-state index contributed by atoms with van der Waals surface area (Å²) in [4.78, 5) is 39.1. The highest BCUT2D eigenvalue weighted by Gasteiger charge is 2.14. The van der Waals surface area contributed by atoms with Crippen molar-refractivity contribution in [1.29, 1.82) is 0 Å². The zero-order valence-electron chi connectivity index (χ0n) is 15.9. The van der Waals surface area contributed by atoms with Crippen LogP contribution in [0, 0.1) is 0 Å². The Labute approximate surface area is 171 Å². The molecule has 30 heavy (non-hydrogen) atoms. The third-order valence-corrected chi connectivity index (χ3v) is 3.90. The van der Waals surface area contributed by atoms with Crippen LogP contribution in [0.25, 0.3) is 0 Å². The maximum atomic E-state index is 12.2. The molecule has 9 N–H and O–H groups in total. The third kappa shape index (κ3) is 6.49. The molecule has 0 heterocycles. The zero-order chi connectivity index (χ0) is 22.1. The number of nitrogen functional groups attached to an aromatic ring is 1. The summed E-state index contributed by atoms with van der Waals surface area (Å²) >= 11 is 0. The zero-order valence-corrected chi connectivity index (χ0v) is 15.9. The van der Waals surface area contributed by atoms with Crippen LogP contribution in [0.4, 0.5) is 17.1 Å². The molecule has 0 aliphatic heterocycles. The van der Waals surface area contributed by atoms with Crippen LogP contribution in [0.1, 0.15) is 22.3 Å². The number of aliphatic imine (C=N–C) groups is 1. The lowest BCUT2D eigenvalue weighted by Gasteiger charge is -2.13. The summed E-state index contributed by atoms with van der Waals surface area (Å²) in [6.07, 6.45) is 1.10. The summed E-state index contributed by atoms with van der Waals surface area (Å²) in [6, 6.07) is 9.14. The van der Waals surface area contributed by atoms with Gasteiger partial charge in [0, 0.05) is 17.7 Å². The van der Waals surface area contributed by atoms with Crippen LogP contribution in [0.3, 0.4) is 0 Å². The van der Waals surface area contributed by atoms with E-state index in [9.17, 15) is 19.5 Å². The highest BCUT2D eigenvalue weighted by Crippen LogP contribution is 2.31. The number of carboxylic acids is 1. The van der Waals surface area contributed by atoms with Crippen LogP contribution in [0.2, 0.25) is 0 Å².